The fourth-order valence-corrected chi connectivity index (χ4v) is 0.814. The third-order valence-electron chi connectivity index (χ3n) is 1.32. The minimum atomic E-state index is -0.292. The lowest BCUT2D eigenvalue weighted by atomic mass is 10.1. The Morgan fingerprint density at radius 2 is 2.25 bits per heavy atom. The number of hydrogen-bond donors (Lipinski definition) is 0. The maximum absolute atomic E-state index is 11.1. The van der Waals surface area contributed by atoms with Crippen LogP contribution in [0.4, 0.5) is 0 Å². The highest BCUT2D eigenvalue weighted by atomic mass is 16.5. The number of carbonyl (C=O) groups is 2. The normalized spacial score (nSPS) is 9.83. The molecule has 0 saturated carbocycles. The first-order valence-electron chi connectivity index (χ1n) is 3.55. The molecule has 0 aliphatic heterocycles. The molecule has 0 saturated heterocycles. The highest BCUT2D eigenvalue weighted by molar-refractivity contribution is 6.06. The first kappa shape index (κ1) is 8.64. The van der Waals surface area contributed by atoms with Crippen LogP contribution in [0.3, 0.4) is 0 Å². The van der Waals surface area contributed by atoms with Crippen molar-refractivity contribution in [2.75, 3.05) is 0 Å². The number of hydrogen-bond acceptors (Lipinski definition) is 4. The summed E-state index contributed by atoms with van der Waals surface area (Å²) in [5, 5.41) is 3.49. The number of aryl methyl sites for hydroxylation is 1. The van der Waals surface area contributed by atoms with Gasteiger partial charge in [0.1, 0.15) is 17.2 Å². The summed E-state index contributed by atoms with van der Waals surface area (Å²) in [5.74, 6) is 0.113. The van der Waals surface area contributed by atoms with Crippen molar-refractivity contribution in [1.29, 1.82) is 0 Å². The predicted octanol–water partition coefficient (Wildman–Crippen LogP) is 1.14. The summed E-state index contributed by atoms with van der Waals surface area (Å²) in [4.78, 5) is 21.7. The molecule has 0 radical (unpaired) electrons. The van der Waals surface area contributed by atoms with Gasteiger partial charge in [-0.25, -0.2) is 0 Å². The standard InChI is InChI=1S/C8H9NO3/c1-5(10)3-8(11)7-4-6(2)12-9-7/h4H,3H2,1-2H3. The van der Waals surface area contributed by atoms with E-state index < -0.39 is 0 Å². The molecular weight excluding hydrogens is 158 g/mol. The molecule has 1 heterocycles. The highest BCUT2D eigenvalue weighted by Gasteiger charge is 2.12. The van der Waals surface area contributed by atoms with Crippen LogP contribution in [0.1, 0.15) is 29.6 Å². The van der Waals surface area contributed by atoms with Crippen LogP contribution in [0.25, 0.3) is 0 Å². The van der Waals surface area contributed by atoms with Gasteiger partial charge in [0, 0.05) is 6.07 Å². The van der Waals surface area contributed by atoms with Gasteiger partial charge < -0.3 is 4.52 Å². The van der Waals surface area contributed by atoms with E-state index in [4.69, 9.17) is 0 Å². The summed E-state index contributed by atoms with van der Waals surface area (Å²) < 4.78 is 4.69. The van der Waals surface area contributed by atoms with Gasteiger partial charge in [-0.15, -0.1) is 0 Å². The Balaban J connectivity index is 2.72. The van der Waals surface area contributed by atoms with Gasteiger partial charge in [-0.1, -0.05) is 5.16 Å². The first-order chi connectivity index (χ1) is 5.59. The van der Waals surface area contributed by atoms with Crippen LogP contribution >= 0.6 is 0 Å². The van der Waals surface area contributed by atoms with Crippen LogP contribution in [0.5, 0.6) is 0 Å². The summed E-state index contributed by atoms with van der Waals surface area (Å²) in [6, 6.07) is 1.52. The molecule has 4 heteroatoms. The second-order valence-corrected chi connectivity index (χ2v) is 2.62. The third-order valence-corrected chi connectivity index (χ3v) is 1.32. The van der Waals surface area contributed by atoms with Crippen molar-refractivity contribution in [3.05, 3.63) is 17.5 Å². The van der Waals surface area contributed by atoms with Gasteiger partial charge in [-0.05, 0) is 13.8 Å². The Hall–Kier alpha value is -1.45. The minimum Gasteiger partial charge on any atom is -0.361 e. The molecule has 1 rings (SSSR count). The number of aromatic nitrogens is 1. The number of ketones is 2. The summed E-state index contributed by atoms with van der Waals surface area (Å²) in [7, 11) is 0. The van der Waals surface area contributed by atoms with Crippen LogP contribution in [0.15, 0.2) is 10.6 Å². The molecule has 0 N–H and O–H groups in total. The fraction of sp³-hybridized carbons (Fsp3) is 0.375. The number of nitrogens with zero attached hydrogens (tertiary/aromatic N) is 1. The van der Waals surface area contributed by atoms with E-state index in [-0.39, 0.29) is 23.7 Å². The smallest absolute Gasteiger partial charge is 0.192 e. The fourth-order valence-electron chi connectivity index (χ4n) is 0.814. The lowest BCUT2D eigenvalue weighted by Crippen LogP contribution is -2.04. The number of carbonyl (C=O) groups excluding carboxylic acids is 2. The van der Waals surface area contributed by atoms with Crippen LogP contribution < -0.4 is 0 Å². The quantitative estimate of drug-likeness (QED) is 0.500. The maximum atomic E-state index is 11.1. The van der Waals surface area contributed by atoms with Crippen molar-refractivity contribution in [3.63, 3.8) is 0 Å². The number of rotatable bonds is 3. The van der Waals surface area contributed by atoms with E-state index in [0.29, 0.717) is 5.76 Å². The molecule has 0 aliphatic rings. The van der Waals surface area contributed by atoms with Crippen molar-refractivity contribution < 1.29 is 14.1 Å². The van der Waals surface area contributed by atoms with Crippen LogP contribution in [0, 0.1) is 6.92 Å². The SMILES string of the molecule is CC(=O)CC(=O)c1cc(C)on1. The molecule has 4 nitrogen and oxygen atoms in total. The Morgan fingerprint density at radius 1 is 1.58 bits per heavy atom. The van der Waals surface area contributed by atoms with Crippen molar-refractivity contribution in [2.24, 2.45) is 0 Å². The van der Waals surface area contributed by atoms with Gasteiger partial charge in [0.15, 0.2) is 5.78 Å². The molecule has 0 aromatic carbocycles. The first-order valence-corrected chi connectivity index (χ1v) is 3.55. The van der Waals surface area contributed by atoms with Gasteiger partial charge in [-0.3, -0.25) is 9.59 Å². The Bertz CT molecular complexity index is 314. The molecule has 12 heavy (non-hydrogen) atoms. The molecule has 1 aromatic rings. The molecule has 0 amide bonds. The topological polar surface area (TPSA) is 60.2 Å². The predicted molar refractivity (Wildman–Crippen MR) is 40.9 cm³/mol. The van der Waals surface area contributed by atoms with E-state index in [9.17, 15) is 9.59 Å². The summed E-state index contributed by atoms with van der Waals surface area (Å²) in [6.07, 6.45) is -0.105. The zero-order valence-corrected chi connectivity index (χ0v) is 6.96. The molecule has 1 aromatic heterocycles. The van der Waals surface area contributed by atoms with Crippen LogP contribution in [-0.4, -0.2) is 16.7 Å². The van der Waals surface area contributed by atoms with E-state index in [2.05, 4.69) is 9.68 Å². The summed E-state index contributed by atoms with van der Waals surface area (Å²) in [6.45, 7) is 3.06. The molecular formula is C8H9NO3. The molecule has 0 spiro atoms. The zero-order chi connectivity index (χ0) is 9.14. The Morgan fingerprint density at radius 3 is 2.67 bits per heavy atom. The van der Waals surface area contributed by atoms with E-state index in [1.54, 1.807) is 6.92 Å². The van der Waals surface area contributed by atoms with E-state index >= 15 is 0 Å². The van der Waals surface area contributed by atoms with Crippen molar-refractivity contribution in [1.82, 2.24) is 5.16 Å². The highest BCUT2D eigenvalue weighted by Crippen LogP contribution is 2.04. The van der Waals surface area contributed by atoms with Crippen LogP contribution in [-0.2, 0) is 4.79 Å². The lowest BCUT2D eigenvalue weighted by Gasteiger charge is -1.88. The van der Waals surface area contributed by atoms with Crippen LogP contribution in [0.2, 0.25) is 0 Å². The van der Waals surface area contributed by atoms with Crippen molar-refractivity contribution in [2.45, 2.75) is 20.3 Å². The molecule has 64 valence electrons. The van der Waals surface area contributed by atoms with Gasteiger partial charge in [0.2, 0.25) is 0 Å². The molecule has 0 fully saturated rings. The second-order valence-electron chi connectivity index (χ2n) is 2.62. The van der Waals surface area contributed by atoms with Gasteiger partial charge in [-0.2, -0.15) is 0 Å². The Kier molecular flexibility index (Phi) is 2.38. The second kappa shape index (κ2) is 3.30. The monoisotopic (exact) mass is 167 g/mol. The average Bonchev–Trinajstić information content (AvgIpc) is 2.34. The molecule has 0 atom stereocenters. The zero-order valence-electron chi connectivity index (χ0n) is 6.96. The molecule has 0 aliphatic carbocycles. The summed E-state index contributed by atoms with van der Waals surface area (Å²) >= 11 is 0. The molecule has 0 unspecified atom stereocenters. The minimum absolute atomic E-state index is 0.105. The Labute approximate surface area is 69.5 Å². The van der Waals surface area contributed by atoms with Gasteiger partial charge in [0.05, 0.1) is 6.42 Å². The lowest BCUT2D eigenvalue weighted by molar-refractivity contribution is -0.116. The largest absolute Gasteiger partial charge is 0.361 e. The maximum Gasteiger partial charge on any atom is 0.192 e. The van der Waals surface area contributed by atoms with E-state index in [1.165, 1.54) is 13.0 Å². The van der Waals surface area contributed by atoms with Crippen molar-refractivity contribution >= 4 is 11.6 Å². The number of Topliss-reactive ketones (excluding diaryl/α,β-unsaturated/α-hetero) is 2. The van der Waals surface area contributed by atoms with E-state index in [1.807, 2.05) is 0 Å². The molecule has 0 bridgehead atoms. The van der Waals surface area contributed by atoms with Gasteiger partial charge >= 0.3 is 0 Å². The third kappa shape index (κ3) is 2.02. The average molecular weight is 167 g/mol. The van der Waals surface area contributed by atoms with Crippen molar-refractivity contribution in [3.8, 4) is 0 Å². The summed E-state index contributed by atoms with van der Waals surface area (Å²) in [5.41, 5.74) is 0.225. The van der Waals surface area contributed by atoms with E-state index in [0.717, 1.165) is 0 Å². The van der Waals surface area contributed by atoms with Gasteiger partial charge in [0.25, 0.3) is 0 Å².